The second-order valence-electron chi connectivity index (χ2n) is 4.34. The molecule has 0 amide bonds. The summed E-state index contributed by atoms with van der Waals surface area (Å²) in [6.45, 7) is 2.28. The van der Waals surface area contributed by atoms with Crippen LogP contribution in [0.15, 0.2) is 60.7 Å². The standard InChI is InChI=1S/C15H16S2/c1-15(12-17-16,13-8-4-2-5-9-13)14-10-6-3-7-11-14/h2-11,16H,12H2,1H3. The van der Waals surface area contributed by atoms with Gasteiger partial charge in [-0.25, -0.2) is 0 Å². The van der Waals surface area contributed by atoms with E-state index in [0.717, 1.165) is 5.75 Å². The van der Waals surface area contributed by atoms with E-state index in [9.17, 15) is 0 Å². The Morgan fingerprint density at radius 1 is 0.882 bits per heavy atom. The van der Waals surface area contributed by atoms with Crippen molar-refractivity contribution in [2.45, 2.75) is 12.3 Å². The van der Waals surface area contributed by atoms with E-state index in [-0.39, 0.29) is 5.41 Å². The molecule has 0 saturated carbocycles. The molecule has 88 valence electrons. The summed E-state index contributed by atoms with van der Waals surface area (Å²) in [6.07, 6.45) is 0. The first-order valence-electron chi connectivity index (χ1n) is 5.65. The molecule has 17 heavy (non-hydrogen) atoms. The maximum absolute atomic E-state index is 4.33. The third-order valence-electron chi connectivity index (χ3n) is 3.18. The van der Waals surface area contributed by atoms with Crippen LogP contribution in [0.2, 0.25) is 0 Å². The SMILES string of the molecule is CC(CSS)(c1ccccc1)c1ccccc1. The zero-order valence-electron chi connectivity index (χ0n) is 9.84. The zero-order valence-corrected chi connectivity index (χ0v) is 11.5. The lowest BCUT2D eigenvalue weighted by Gasteiger charge is -2.30. The minimum Gasteiger partial charge on any atom is -0.111 e. The van der Waals surface area contributed by atoms with Gasteiger partial charge in [0.2, 0.25) is 0 Å². The highest BCUT2D eigenvalue weighted by Crippen LogP contribution is 2.35. The van der Waals surface area contributed by atoms with Crippen molar-refractivity contribution in [1.29, 1.82) is 0 Å². The molecule has 0 unspecified atom stereocenters. The van der Waals surface area contributed by atoms with E-state index in [1.54, 1.807) is 10.8 Å². The van der Waals surface area contributed by atoms with Gasteiger partial charge in [0.05, 0.1) is 0 Å². The van der Waals surface area contributed by atoms with Gasteiger partial charge in [-0.1, -0.05) is 78.4 Å². The van der Waals surface area contributed by atoms with Crippen molar-refractivity contribution < 1.29 is 0 Å². The third kappa shape index (κ3) is 2.70. The van der Waals surface area contributed by atoms with Crippen LogP contribution in [0.3, 0.4) is 0 Å². The van der Waals surface area contributed by atoms with E-state index in [2.05, 4.69) is 79.2 Å². The van der Waals surface area contributed by atoms with Crippen LogP contribution in [-0.4, -0.2) is 5.75 Å². The van der Waals surface area contributed by atoms with Crippen molar-refractivity contribution in [2.24, 2.45) is 0 Å². The van der Waals surface area contributed by atoms with Crippen molar-refractivity contribution in [1.82, 2.24) is 0 Å². The van der Waals surface area contributed by atoms with Gasteiger partial charge in [0.1, 0.15) is 0 Å². The molecule has 2 rings (SSSR count). The topological polar surface area (TPSA) is 0 Å². The summed E-state index contributed by atoms with van der Waals surface area (Å²) in [5, 5.41) is 0. The first-order chi connectivity index (χ1) is 8.27. The van der Waals surface area contributed by atoms with Crippen LogP contribution in [-0.2, 0) is 5.41 Å². The summed E-state index contributed by atoms with van der Waals surface area (Å²) >= 11 is 4.33. The molecule has 0 aromatic heterocycles. The monoisotopic (exact) mass is 260 g/mol. The van der Waals surface area contributed by atoms with Gasteiger partial charge in [0, 0.05) is 11.2 Å². The summed E-state index contributed by atoms with van der Waals surface area (Å²) in [4.78, 5) is 0. The van der Waals surface area contributed by atoms with Crippen molar-refractivity contribution in [2.75, 3.05) is 5.75 Å². The molecule has 2 aromatic rings. The van der Waals surface area contributed by atoms with Crippen LogP contribution in [0, 0.1) is 0 Å². The largest absolute Gasteiger partial charge is 0.111 e. The van der Waals surface area contributed by atoms with Gasteiger partial charge in [0.25, 0.3) is 0 Å². The fraction of sp³-hybridized carbons (Fsp3) is 0.200. The molecule has 0 saturated heterocycles. The molecule has 0 nitrogen and oxygen atoms in total. The zero-order chi connectivity index (χ0) is 12.1. The van der Waals surface area contributed by atoms with Gasteiger partial charge < -0.3 is 0 Å². The quantitative estimate of drug-likeness (QED) is 0.620. The van der Waals surface area contributed by atoms with Crippen LogP contribution in [0.5, 0.6) is 0 Å². The molecule has 0 aliphatic carbocycles. The molecule has 0 aliphatic rings. The number of hydrogen-bond acceptors (Lipinski definition) is 2. The van der Waals surface area contributed by atoms with Crippen LogP contribution >= 0.6 is 22.5 Å². The molecule has 0 aliphatic heterocycles. The summed E-state index contributed by atoms with van der Waals surface area (Å²) in [7, 11) is 1.59. The predicted octanol–water partition coefficient (Wildman–Crippen LogP) is 4.57. The number of rotatable bonds is 4. The maximum atomic E-state index is 4.33. The average Bonchev–Trinajstić information content (AvgIpc) is 2.41. The van der Waals surface area contributed by atoms with Crippen molar-refractivity contribution in [3.05, 3.63) is 71.8 Å². The van der Waals surface area contributed by atoms with Gasteiger partial charge >= 0.3 is 0 Å². The van der Waals surface area contributed by atoms with Gasteiger partial charge in [0.15, 0.2) is 0 Å². The molecule has 0 radical (unpaired) electrons. The first kappa shape index (κ1) is 12.6. The van der Waals surface area contributed by atoms with E-state index in [1.807, 2.05) is 0 Å². The van der Waals surface area contributed by atoms with Gasteiger partial charge in [-0.3, -0.25) is 0 Å². The second kappa shape index (κ2) is 5.65. The van der Waals surface area contributed by atoms with Crippen LogP contribution in [0.25, 0.3) is 0 Å². The Labute approximate surface area is 112 Å². The van der Waals surface area contributed by atoms with Crippen LogP contribution < -0.4 is 0 Å². The lowest BCUT2D eigenvalue weighted by molar-refractivity contribution is 0.655. The molecule has 0 fully saturated rings. The van der Waals surface area contributed by atoms with Gasteiger partial charge in [-0.15, -0.1) is 11.7 Å². The maximum Gasteiger partial charge on any atom is 0.0273 e. The van der Waals surface area contributed by atoms with Crippen molar-refractivity contribution in [3.63, 3.8) is 0 Å². The second-order valence-corrected chi connectivity index (χ2v) is 5.66. The fourth-order valence-electron chi connectivity index (χ4n) is 2.07. The van der Waals surface area contributed by atoms with E-state index < -0.39 is 0 Å². The molecule has 0 heterocycles. The number of hydrogen-bond donors (Lipinski definition) is 1. The highest BCUT2D eigenvalue weighted by molar-refractivity contribution is 8.68. The summed E-state index contributed by atoms with van der Waals surface area (Å²) in [6, 6.07) is 21.3. The van der Waals surface area contributed by atoms with E-state index >= 15 is 0 Å². The first-order valence-corrected chi connectivity index (χ1v) is 7.68. The lowest BCUT2D eigenvalue weighted by Crippen LogP contribution is -2.26. The highest BCUT2D eigenvalue weighted by atomic mass is 33.1. The normalized spacial score (nSPS) is 11.4. The van der Waals surface area contributed by atoms with Crippen molar-refractivity contribution >= 4 is 22.5 Å². The highest BCUT2D eigenvalue weighted by Gasteiger charge is 2.28. The molecule has 0 N–H and O–H groups in total. The molecule has 2 aromatic carbocycles. The smallest absolute Gasteiger partial charge is 0.0273 e. The molecule has 0 bridgehead atoms. The number of benzene rings is 2. The molecular formula is C15H16S2. The Morgan fingerprint density at radius 3 is 1.65 bits per heavy atom. The van der Waals surface area contributed by atoms with Crippen LogP contribution in [0.4, 0.5) is 0 Å². The summed E-state index contributed by atoms with van der Waals surface area (Å²) in [5.41, 5.74) is 2.70. The molecule has 0 spiro atoms. The fourth-order valence-corrected chi connectivity index (χ4v) is 3.44. The summed E-state index contributed by atoms with van der Waals surface area (Å²) < 4.78 is 0. The van der Waals surface area contributed by atoms with Crippen molar-refractivity contribution in [3.8, 4) is 0 Å². The van der Waals surface area contributed by atoms with E-state index in [1.165, 1.54) is 11.1 Å². The van der Waals surface area contributed by atoms with E-state index in [4.69, 9.17) is 0 Å². The van der Waals surface area contributed by atoms with E-state index in [0.29, 0.717) is 0 Å². The number of thiol groups is 1. The minimum atomic E-state index is 0.0228. The predicted molar refractivity (Wildman–Crippen MR) is 80.8 cm³/mol. The minimum absolute atomic E-state index is 0.0228. The Bertz CT molecular complexity index is 411. The Morgan fingerprint density at radius 2 is 1.29 bits per heavy atom. The Hall–Kier alpha value is -0.860. The summed E-state index contributed by atoms with van der Waals surface area (Å²) in [5.74, 6) is 0.962. The van der Waals surface area contributed by atoms with Gasteiger partial charge in [-0.2, -0.15) is 0 Å². The molecular weight excluding hydrogens is 244 g/mol. The Kier molecular flexibility index (Phi) is 4.19. The van der Waals surface area contributed by atoms with Gasteiger partial charge in [-0.05, 0) is 11.1 Å². The third-order valence-corrected chi connectivity index (χ3v) is 4.27. The average molecular weight is 260 g/mol. The molecule has 2 heteroatoms. The van der Waals surface area contributed by atoms with Crippen LogP contribution in [0.1, 0.15) is 18.1 Å². The molecule has 0 atom stereocenters. The lowest BCUT2D eigenvalue weighted by atomic mass is 9.78. The Balaban J connectivity index is 2.47.